The molecule has 0 N–H and O–H groups in total. The van der Waals surface area contributed by atoms with Crippen molar-refractivity contribution in [3.63, 3.8) is 0 Å². The lowest BCUT2D eigenvalue weighted by Crippen LogP contribution is -2.51. The van der Waals surface area contributed by atoms with Crippen LogP contribution in [0.3, 0.4) is 0 Å². The Balaban J connectivity index is 2.18. The Morgan fingerprint density at radius 2 is 1.59 bits per heavy atom. The topological polar surface area (TPSA) is 76.2 Å². The number of rotatable bonds is 6. The molecule has 0 bridgehead atoms. The molecule has 1 aromatic rings. The Morgan fingerprint density at radius 3 is 2.06 bits per heavy atom. The first-order valence-electron chi connectivity index (χ1n) is 11.4. The summed E-state index contributed by atoms with van der Waals surface area (Å²) in [5.41, 5.74) is 1.23. The highest BCUT2D eigenvalue weighted by Crippen LogP contribution is 2.25. The standard InChI is InChI=1S/C25H38N2O5/c1-17-9-8-10-18(2)26(17)16-21-13-11-20(12-14-21)15-22(23(29)31-7)27(19(3)28)24(30)32-25(4,5)6/h11-14,17-18,22H,8-10,15-16H2,1-7H3/t17-,18+,22?. The maximum absolute atomic E-state index is 12.7. The minimum absolute atomic E-state index is 0.155. The number of ether oxygens (including phenoxy) is 2. The molecule has 3 atom stereocenters. The van der Waals surface area contributed by atoms with Gasteiger partial charge in [0, 0.05) is 32.0 Å². The van der Waals surface area contributed by atoms with Gasteiger partial charge in [-0.1, -0.05) is 30.7 Å². The van der Waals surface area contributed by atoms with E-state index in [0.29, 0.717) is 12.1 Å². The summed E-state index contributed by atoms with van der Waals surface area (Å²) >= 11 is 0. The van der Waals surface area contributed by atoms with Gasteiger partial charge in [0.1, 0.15) is 11.6 Å². The van der Waals surface area contributed by atoms with Crippen LogP contribution in [0.15, 0.2) is 24.3 Å². The fourth-order valence-electron chi connectivity index (χ4n) is 4.20. The zero-order chi connectivity index (χ0) is 24.1. The predicted octanol–water partition coefficient (Wildman–Crippen LogP) is 4.32. The van der Waals surface area contributed by atoms with Gasteiger partial charge in [0.2, 0.25) is 5.91 Å². The van der Waals surface area contributed by atoms with Crippen LogP contribution in [-0.2, 0) is 32.0 Å². The van der Waals surface area contributed by atoms with E-state index in [9.17, 15) is 14.4 Å². The van der Waals surface area contributed by atoms with Crippen LogP contribution in [0.5, 0.6) is 0 Å². The van der Waals surface area contributed by atoms with Crippen molar-refractivity contribution in [2.24, 2.45) is 0 Å². The number of hydrogen-bond donors (Lipinski definition) is 0. The molecular formula is C25H38N2O5. The first-order valence-corrected chi connectivity index (χ1v) is 11.4. The number of esters is 1. The lowest BCUT2D eigenvalue weighted by molar-refractivity contribution is -0.151. The number of benzene rings is 1. The van der Waals surface area contributed by atoms with E-state index in [-0.39, 0.29) is 6.42 Å². The second kappa shape index (κ2) is 10.9. The van der Waals surface area contributed by atoms with Crippen LogP contribution < -0.4 is 0 Å². The molecule has 1 aliphatic heterocycles. The van der Waals surface area contributed by atoms with Crippen LogP contribution in [0.4, 0.5) is 4.79 Å². The molecule has 0 aromatic heterocycles. The minimum Gasteiger partial charge on any atom is -0.467 e. The zero-order valence-corrected chi connectivity index (χ0v) is 20.5. The van der Waals surface area contributed by atoms with Crippen molar-refractivity contribution < 1.29 is 23.9 Å². The molecule has 1 aliphatic rings. The summed E-state index contributed by atoms with van der Waals surface area (Å²) in [6.45, 7) is 11.8. The van der Waals surface area contributed by atoms with E-state index in [2.05, 4.69) is 18.7 Å². The van der Waals surface area contributed by atoms with Gasteiger partial charge in [0.15, 0.2) is 0 Å². The number of nitrogens with zero attached hydrogens (tertiary/aromatic N) is 2. The zero-order valence-electron chi connectivity index (χ0n) is 20.5. The number of imide groups is 1. The summed E-state index contributed by atoms with van der Waals surface area (Å²) in [5.74, 6) is -1.23. The number of likely N-dealkylation sites (tertiary alicyclic amines) is 1. The third kappa shape index (κ3) is 7.05. The van der Waals surface area contributed by atoms with E-state index in [1.807, 2.05) is 24.3 Å². The monoisotopic (exact) mass is 446 g/mol. The molecule has 0 saturated carbocycles. The number of carbonyl (C=O) groups is 3. The van der Waals surface area contributed by atoms with Gasteiger partial charge in [0.25, 0.3) is 0 Å². The number of piperidine rings is 1. The van der Waals surface area contributed by atoms with Crippen LogP contribution in [0.1, 0.15) is 71.9 Å². The molecule has 1 saturated heterocycles. The Labute approximate surface area is 192 Å². The number of methoxy groups -OCH3 is 1. The Kier molecular flexibility index (Phi) is 8.84. The fourth-order valence-corrected chi connectivity index (χ4v) is 4.20. The molecule has 1 heterocycles. The van der Waals surface area contributed by atoms with Gasteiger partial charge in [-0.3, -0.25) is 9.69 Å². The molecule has 7 heteroatoms. The Morgan fingerprint density at radius 1 is 1.06 bits per heavy atom. The maximum Gasteiger partial charge on any atom is 0.417 e. The molecule has 7 nitrogen and oxygen atoms in total. The third-order valence-electron chi connectivity index (χ3n) is 5.91. The van der Waals surface area contributed by atoms with E-state index in [0.717, 1.165) is 17.0 Å². The van der Waals surface area contributed by atoms with Crippen molar-refractivity contribution in [1.29, 1.82) is 0 Å². The van der Waals surface area contributed by atoms with Gasteiger partial charge in [-0.25, -0.2) is 14.5 Å². The van der Waals surface area contributed by atoms with Gasteiger partial charge in [-0.15, -0.1) is 0 Å². The van der Waals surface area contributed by atoms with Gasteiger partial charge >= 0.3 is 12.1 Å². The summed E-state index contributed by atoms with van der Waals surface area (Å²) in [6, 6.07) is 7.99. The van der Waals surface area contributed by atoms with Gasteiger partial charge in [-0.2, -0.15) is 0 Å². The normalized spacial score (nSPS) is 20.3. The molecule has 1 unspecified atom stereocenters. The van der Waals surface area contributed by atoms with Crippen molar-refractivity contribution in [1.82, 2.24) is 9.80 Å². The summed E-state index contributed by atoms with van der Waals surface area (Å²) in [7, 11) is 1.24. The smallest absolute Gasteiger partial charge is 0.417 e. The molecule has 32 heavy (non-hydrogen) atoms. The van der Waals surface area contributed by atoms with Crippen molar-refractivity contribution in [3.05, 3.63) is 35.4 Å². The molecular weight excluding hydrogens is 408 g/mol. The summed E-state index contributed by atoms with van der Waals surface area (Å²) in [6.07, 6.45) is 3.01. The summed E-state index contributed by atoms with van der Waals surface area (Å²) < 4.78 is 10.2. The van der Waals surface area contributed by atoms with Crippen LogP contribution in [-0.4, -0.2) is 58.6 Å². The van der Waals surface area contributed by atoms with Crippen LogP contribution in [0.25, 0.3) is 0 Å². The van der Waals surface area contributed by atoms with Crippen molar-refractivity contribution >= 4 is 18.0 Å². The lowest BCUT2D eigenvalue weighted by atomic mass is 9.96. The quantitative estimate of drug-likeness (QED) is 0.606. The lowest BCUT2D eigenvalue weighted by Gasteiger charge is -2.39. The fraction of sp³-hybridized carbons (Fsp3) is 0.640. The first kappa shape index (κ1) is 25.8. The molecule has 1 fully saturated rings. The van der Waals surface area contributed by atoms with Crippen LogP contribution in [0, 0.1) is 0 Å². The highest BCUT2D eigenvalue weighted by atomic mass is 16.6. The Bertz CT molecular complexity index is 790. The van der Waals surface area contributed by atoms with E-state index in [1.165, 1.54) is 38.9 Å². The largest absolute Gasteiger partial charge is 0.467 e. The molecule has 0 aliphatic carbocycles. The number of hydrogen-bond acceptors (Lipinski definition) is 6. The molecule has 1 aromatic carbocycles. The van der Waals surface area contributed by atoms with Crippen molar-refractivity contribution in [3.8, 4) is 0 Å². The van der Waals surface area contributed by atoms with E-state index >= 15 is 0 Å². The minimum atomic E-state index is -1.10. The van der Waals surface area contributed by atoms with Gasteiger partial charge < -0.3 is 9.47 Å². The van der Waals surface area contributed by atoms with Gasteiger partial charge in [-0.05, 0) is 58.6 Å². The maximum atomic E-state index is 12.7. The van der Waals surface area contributed by atoms with E-state index in [4.69, 9.17) is 9.47 Å². The third-order valence-corrected chi connectivity index (χ3v) is 5.91. The molecule has 178 valence electrons. The number of amides is 2. The average molecular weight is 447 g/mol. The van der Waals surface area contributed by atoms with E-state index < -0.39 is 29.6 Å². The van der Waals surface area contributed by atoms with E-state index in [1.54, 1.807) is 20.8 Å². The SMILES string of the molecule is COC(=O)C(Cc1ccc(CN2[C@H](C)CCC[C@@H]2C)cc1)N(C(C)=O)C(=O)OC(C)(C)C. The molecule has 0 spiro atoms. The molecule has 0 radical (unpaired) electrons. The Hall–Kier alpha value is -2.41. The molecule has 2 rings (SSSR count). The second-order valence-electron chi connectivity index (χ2n) is 9.73. The second-order valence-corrected chi connectivity index (χ2v) is 9.73. The first-order chi connectivity index (χ1) is 14.9. The highest BCUT2D eigenvalue weighted by Gasteiger charge is 2.36. The van der Waals surface area contributed by atoms with Crippen molar-refractivity contribution in [2.75, 3.05) is 7.11 Å². The summed E-state index contributed by atoms with van der Waals surface area (Å²) in [4.78, 5) is 40.8. The van der Waals surface area contributed by atoms with Crippen LogP contribution in [0.2, 0.25) is 0 Å². The summed E-state index contributed by atoms with van der Waals surface area (Å²) in [5, 5.41) is 0. The van der Waals surface area contributed by atoms with Crippen molar-refractivity contribution in [2.45, 2.75) is 97.5 Å². The predicted molar refractivity (Wildman–Crippen MR) is 123 cm³/mol. The van der Waals surface area contributed by atoms with Gasteiger partial charge in [0.05, 0.1) is 7.11 Å². The number of carbonyl (C=O) groups excluding carboxylic acids is 3. The molecule has 2 amide bonds. The average Bonchev–Trinajstić information content (AvgIpc) is 2.69. The highest BCUT2D eigenvalue weighted by molar-refractivity contribution is 5.96. The van der Waals surface area contributed by atoms with Crippen LogP contribution >= 0.6 is 0 Å².